The molecule has 1 saturated heterocycles. The number of hydrogen-bond donors (Lipinski definition) is 1. The molecule has 2 unspecified atom stereocenters. The van der Waals surface area contributed by atoms with Crippen LogP contribution in [0.15, 0.2) is 48.5 Å². The van der Waals surface area contributed by atoms with E-state index in [1.165, 1.54) is 6.92 Å². The van der Waals surface area contributed by atoms with Crippen LogP contribution in [-0.2, 0) is 25.7 Å². The van der Waals surface area contributed by atoms with Crippen LogP contribution in [0.2, 0.25) is 0 Å². The summed E-state index contributed by atoms with van der Waals surface area (Å²) >= 11 is 0. The van der Waals surface area contributed by atoms with E-state index in [-0.39, 0.29) is 12.3 Å². The molecule has 152 valence electrons. The van der Waals surface area contributed by atoms with Gasteiger partial charge in [0.1, 0.15) is 0 Å². The molecule has 0 aliphatic carbocycles. The van der Waals surface area contributed by atoms with Crippen LogP contribution in [0.4, 0.5) is 5.69 Å². The number of hydrogen-bond acceptors (Lipinski definition) is 4. The Hall–Kier alpha value is -3.15. The smallest absolute Gasteiger partial charge is 0.312 e. The number of carbonyl (C=O) groups is 3. The molecule has 1 N–H and O–H groups in total. The van der Waals surface area contributed by atoms with Gasteiger partial charge in [-0.05, 0) is 43.5 Å². The van der Waals surface area contributed by atoms with Crippen LogP contribution >= 0.6 is 0 Å². The van der Waals surface area contributed by atoms with Crippen molar-refractivity contribution in [2.24, 2.45) is 5.92 Å². The number of anilines is 1. The molecule has 2 amide bonds. The number of amides is 2. The largest absolute Gasteiger partial charge is 0.452 e. The normalized spacial score (nSPS) is 17.1. The number of likely N-dealkylation sites (tertiary alicyclic amines) is 1. The summed E-state index contributed by atoms with van der Waals surface area (Å²) in [5.74, 6) is -1.54. The lowest BCUT2D eigenvalue weighted by Crippen LogP contribution is -2.33. The zero-order chi connectivity index (χ0) is 21.0. The van der Waals surface area contributed by atoms with Gasteiger partial charge in [0.15, 0.2) is 6.10 Å². The Kier molecular flexibility index (Phi) is 6.32. The fourth-order valence-electron chi connectivity index (χ4n) is 3.32. The number of aryl methyl sites for hydroxylation is 2. The maximum absolute atomic E-state index is 12.5. The first-order valence-electron chi connectivity index (χ1n) is 9.74. The molecular weight excluding hydrogens is 368 g/mol. The lowest BCUT2D eigenvalue weighted by molar-refractivity contribution is -0.157. The molecule has 29 heavy (non-hydrogen) atoms. The molecule has 0 bridgehead atoms. The van der Waals surface area contributed by atoms with E-state index in [9.17, 15) is 14.4 Å². The number of carbonyl (C=O) groups excluding carboxylic acids is 3. The Morgan fingerprint density at radius 1 is 1.17 bits per heavy atom. The van der Waals surface area contributed by atoms with E-state index in [4.69, 9.17) is 4.74 Å². The SMILES string of the molecule is Cc1ccc(C)c(NC(=O)C(C)OC(=O)C2CC(=O)N(Cc3ccccc3)C2)c1. The topological polar surface area (TPSA) is 75.7 Å². The Balaban J connectivity index is 1.54. The van der Waals surface area contributed by atoms with Gasteiger partial charge < -0.3 is 15.0 Å². The minimum Gasteiger partial charge on any atom is -0.452 e. The molecule has 1 fully saturated rings. The van der Waals surface area contributed by atoms with Gasteiger partial charge in [-0.2, -0.15) is 0 Å². The van der Waals surface area contributed by atoms with Crippen LogP contribution in [0, 0.1) is 19.8 Å². The van der Waals surface area contributed by atoms with Crippen molar-refractivity contribution < 1.29 is 19.1 Å². The Morgan fingerprint density at radius 2 is 1.90 bits per heavy atom. The van der Waals surface area contributed by atoms with Crippen molar-refractivity contribution in [3.05, 3.63) is 65.2 Å². The average molecular weight is 394 g/mol. The third-order valence-electron chi connectivity index (χ3n) is 5.08. The van der Waals surface area contributed by atoms with Gasteiger partial charge >= 0.3 is 5.97 Å². The van der Waals surface area contributed by atoms with Crippen LogP contribution in [0.3, 0.4) is 0 Å². The van der Waals surface area contributed by atoms with E-state index in [0.717, 1.165) is 16.7 Å². The summed E-state index contributed by atoms with van der Waals surface area (Å²) < 4.78 is 5.36. The zero-order valence-corrected chi connectivity index (χ0v) is 17.0. The molecule has 6 nitrogen and oxygen atoms in total. The van der Waals surface area contributed by atoms with Gasteiger partial charge in [0.25, 0.3) is 5.91 Å². The highest BCUT2D eigenvalue weighted by molar-refractivity contribution is 5.96. The summed E-state index contributed by atoms with van der Waals surface area (Å²) in [6, 6.07) is 15.4. The predicted octanol–water partition coefficient (Wildman–Crippen LogP) is 3.22. The van der Waals surface area contributed by atoms with Gasteiger partial charge in [0.2, 0.25) is 5.91 Å². The molecule has 2 aromatic carbocycles. The first-order chi connectivity index (χ1) is 13.8. The van der Waals surface area contributed by atoms with Crippen LogP contribution in [0.1, 0.15) is 30.0 Å². The number of ether oxygens (including phenoxy) is 1. The monoisotopic (exact) mass is 394 g/mol. The van der Waals surface area contributed by atoms with Crippen molar-refractivity contribution in [1.82, 2.24) is 4.90 Å². The highest BCUT2D eigenvalue weighted by atomic mass is 16.5. The fraction of sp³-hybridized carbons (Fsp3) is 0.348. The number of rotatable bonds is 6. The Bertz CT molecular complexity index is 910. The van der Waals surface area contributed by atoms with Crippen LogP contribution in [0.25, 0.3) is 0 Å². The second kappa shape index (κ2) is 8.90. The molecule has 1 heterocycles. The van der Waals surface area contributed by atoms with Crippen LogP contribution in [0.5, 0.6) is 0 Å². The second-order valence-electron chi connectivity index (χ2n) is 7.55. The molecule has 1 aliphatic heterocycles. The zero-order valence-electron chi connectivity index (χ0n) is 17.0. The molecule has 0 spiro atoms. The first-order valence-corrected chi connectivity index (χ1v) is 9.74. The molecule has 0 radical (unpaired) electrons. The van der Waals surface area contributed by atoms with E-state index in [1.54, 1.807) is 4.90 Å². The highest BCUT2D eigenvalue weighted by Crippen LogP contribution is 2.22. The van der Waals surface area contributed by atoms with Gasteiger partial charge in [-0.15, -0.1) is 0 Å². The van der Waals surface area contributed by atoms with E-state index in [2.05, 4.69) is 5.32 Å². The van der Waals surface area contributed by atoms with Crippen molar-refractivity contribution in [3.8, 4) is 0 Å². The Labute approximate surface area is 170 Å². The molecule has 2 atom stereocenters. The summed E-state index contributed by atoms with van der Waals surface area (Å²) in [4.78, 5) is 38.8. The van der Waals surface area contributed by atoms with Gasteiger partial charge in [-0.25, -0.2) is 0 Å². The standard InChI is InChI=1S/C23H26N2O4/c1-15-9-10-16(2)20(11-15)24-22(27)17(3)29-23(28)19-12-21(26)25(14-19)13-18-7-5-4-6-8-18/h4-11,17,19H,12-14H2,1-3H3,(H,24,27). The van der Waals surface area contributed by atoms with Crippen molar-refractivity contribution >= 4 is 23.5 Å². The number of esters is 1. The van der Waals surface area contributed by atoms with Gasteiger partial charge in [-0.1, -0.05) is 42.5 Å². The van der Waals surface area contributed by atoms with E-state index < -0.39 is 23.9 Å². The first kappa shape index (κ1) is 20.6. The predicted molar refractivity (Wildman–Crippen MR) is 110 cm³/mol. The molecular formula is C23H26N2O4. The lowest BCUT2D eigenvalue weighted by Gasteiger charge is -2.18. The van der Waals surface area contributed by atoms with Crippen molar-refractivity contribution in [3.63, 3.8) is 0 Å². The minimum atomic E-state index is -0.944. The third kappa shape index (κ3) is 5.22. The highest BCUT2D eigenvalue weighted by Gasteiger charge is 2.36. The maximum atomic E-state index is 12.5. The summed E-state index contributed by atoms with van der Waals surface area (Å²) in [5.41, 5.74) is 3.66. The third-order valence-corrected chi connectivity index (χ3v) is 5.08. The van der Waals surface area contributed by atoms with Crippen molar-refractivity contribution in [1.29, 1.82) is 0 Å². The molecule has 0 aromatic heterocycles. The van der Waals surface area contributed by atoms with Gasteiger partial charge in [0, 0.05) is 25.2 Å². The summed E-state index contributed by atoms with van der Waals surface area (Å²) in [6.07, 6.45) is -0.836. The van der Waals surface area contributed by atoms with Gasteiger partial charge in [-0.3, -0.25) is 14.4 Å². The molecule has 2 aromatic rings. The fourth-order valence-corrected chi connectivity index (χ4v) is 3.32. The van der Waals surface area contributed by atoms with Crippen molar-refractivity contribution in [2.45, 2.75) is 39.8 Å². The summed E-state index contributed by atoms with van der Waals surface area (Å²) in [5, 5.41) is 2.80. The molecule has 0 saturated carbocycles. The van der Waals surface area contributed by atoms with Crippen LogP contribution in [-0.4, -0.2) is 35.3 Å². The van der Waals surface area contributed by atoms with E-state index in [1.807, 2.05) is 62.4 Å². The quantitative estimate of drug-likeness (QED) is 0.764. The summed E-state index contributed by atoms with van der Waals surface area (Å²) in [7, 11) is 0. The molecule has 1 aliphatic rings. The van der Waals surface area contributed by atoms with Crippen molar-refractivity contribution in [2.75, 3.05) is 11.9 Å². The lowest BCUT2D eigenvalue weighted by atomic mass is 10.1. The molecule has 3 rings (SSSR count). The summed E-state index contributed by atoms with van der Waals surface area (Å²) in [6.45, 7) is 6.15. The maximum Gasteiger partial charge on any atom is 0.312 e. The number of nitrogens with zero attached hydrogens (tertiary/aromatic N) is 1. The van der Waals surface area contributed by atoms with Gasteiger partial charge in [0.05, 0.1) is 5.92 Å². The number of benzene rings is 2. The van der Waals surface area contributed by atoms with E-state index >= 15 is 0 Å². The van der Waals surface area contributed by atoms with E-state index in [0.29, 0.717) is 18.8 Å². The number of nitrogens with one attached hydrogen (secondary N) is 1. The minimum absolute atomic E-state index is 0.0803. The average Bonchev–Trinajstić information content (AvgIpc) is 3.06. The molecule has 6 heteroatoms. The van der Waals surface area contributed by atoms with Crippen LogP contribution < -0.4 is 5.32 Å². The second-order valence-corrected chi connectivity index (χ2v) is 7.55. The Morgan fingerprint density at radius 3 is 2.62 bits per heavy atom.